The summed E-state index contributed by atoms with van der Waals surface area (Å²) in [5.74, 6) is -1.71. The Kier molecular flexibility index (Phi) is 3.76. The number of benzene rings is 1. The number of carbonyl (C=O) groups excluding carboxylic acids is 1. The van der Waals surface area contributed by atoms with Crippen LogP contribution in [0.25, 0.3) is 0 Å². The molecule has 1 aliphatic heterocycles. The standard InChI is InChI=1S/C16H18FNO4/c1-22-13-6-5-9(7-12(13)17)15(19)18-8-10-3-2-4-11(10)14(18)16(20)21/h5-7,10-11,14H,2-4,8H2,1H3,(H,20,21). The molecular formula is C16H18FNO4. The average Bonchev–Trinajstić information content (AvgIpc) is 3.06. The van der Waals surface area contributed by atoms with Gasteiger partial charge in [0.25, 0.3) is 5.91 Å². The van der Waals surface area contributed by atoms with E-state index in [4.69, 9.17) is 4.74 Å². The molecule has 2 fully saturated rings. The summed E-state index contributed by atoms with van der Waals surface area (Å²) in [5, 5.41) is 9.48. The van der Waals surface area contributed by atoms with Crippen LogP contribution in [0.1, 0.15) is 29.6 Å². The number of hydrogen-bond donors (Lipinski definition) is 1. The number of hydrogen-bond acceptors (Lipinski definition) is 3. The molecule has 1 N–H and O–H groups in total. The van der Waals surface area contributed by atoms with Crippen molar-refractivity contribution in [3.05, 3.63) is 29.6 Å². The number of carboxylic acid groups (broad SMARTS) is 1. The molecule has 0 bridgehead atoms. The minimum Gasteiger partial charge on any atom is -0.494 e. The molecule has 3 rings (SSSR count). The number of carbonyl (C=O) groups is 2. The van der Waals surface area contributed by atoms with Crippen LogP contribution in [0.5, 0.6) is 5.75 Å². The van der Waals surface area contributed by atoms with E-state index in [0.717, 1.165) is 25.3 Å². The molecule has 0 radical (unpaired) electrons. The molecular weight excluding hydrogens is 289 g/mol. The largest absolute Gasteiger partial charge is 0.494 e. The Labute approximate surface area is 127 Å². The Morgan fingerprint density at radius 3 is 2.77 bits per heavy atom. The van der Waals surface area contributed by atoms with Crippen LogP contribution in [0.2, 0.25) is 0 Å². The van der Waals surface area contributed by atoms with E-state index in [1.165, 1.54) is 24.1 Å². The van der Waals surface area contributed by atoms with Gasteiger partial charge >= 0.3 is 5.97 Å². The van der Waals surface area contributed by atoms with Crippen LogP contribution in [0.3, 0.4) is 0 Å². The summed E-state index contributed by atoms with van der Waals surface area (Å²) in [5.41, 5.74) is 0.157. The molecule has 5 nitrogen and oxygen atoms in total. The predicted octanol–water partition coefficient (Wildman–Crippen LogP) is 2.16. The lowest BCUT2D eigenvalue weighted by Gasteiger charge is -2.24. The third kappa shape index (κ3) is 2.32. The van der Waals surface area contributed by atoms with Gasteiger partial charge in [-0.3, -0.25) is 4.79 Å². The molecule has 22 heavy (non-hydrogen) atoms. The van der Waals surface area contributed by atoms with Gasteiger partial charge in [0, 0.05) is 12.1 Å². The number of carboxylic acids is 1. The Morgan fingerprint density at radius 2 is 2.14 bits per heavy atom. The van der Waals surface area contributed by atoms with E-state index < -0.39 is 23.7 Å². The van der Waals surface area contributed by atoms with Crippen molar-refractivity contribution in [2.75, 3.05) is 13.7 Å². The topological polar surface area (TPSA) is 66.8 Å². The number of fused-ring (bicyclic) bond motifs is 1. The number of nitrogens with zero attached hydrogens (tertiary/aromatic N) is 1. The maximum Gasteiger partial charge on any atom is 0.326 e. The summed E-state index contributed by atoms with van der Waals surface area (Å²) >= 11 is 0. The van der Waals surface area contributed by atoms with Crippen LogP contribution < -0.4 is 4.74 Å². The predicted molar refractivity (Wildman–Crippen MR) is 76.2 cm³/mol. The maximum atomic E-state index is 13.8. The molecule has 1 aromatic rings. The second-order valence-corrected chi connectivity index (χ2v) is 5.94. The van der Waals surface area contributed by atoms with Gasteiger partial charge in [0.15, 0.2) is 11.6 Å². The lowest BCUT2D eigenvalue weighted by atomic mass is 9.94. The molecule has 0 aromatic heterocycles. The maximum absolute atomic E-state index is 13.8. The van der Waals surface area contributed by atoms with Gasteiger partial charge in [0.2, 0.25) is 0 Å². The SMILES string of the molecule is COc1ccc(C(=O)N2CC3CCCC3C2C(=O)O)cc1F. The third-order valence-electron chi connectivity index (χ3n) is 4.80. The van der Waals surface area contributed by atoms with E-state index in [9.17, 15) is 19.1 Å². The molecule has 1 saturated heterocycles. The van der Waals surface area contributed by atoms with Crippen LogP contribution in [0.15, 0.2) is 18.2 Å². The van der Waals surface area contributed by atoms with Gasteiger partial charge in [-0.15, -0.1) is 0 Å². The lowest BCUT2D eigenvalue weighted by Crippen LogP contribution is -2.43. The van der Waals surface area contributed by atoms with Crippen molar-refractivity contribution in [1.29, 1.82) is 0 Å². The van der Waals surface area contributed by atoms with Gasteiger partial charge in [-0.25, -0.2) is 9.18 Å². The van der Waals surface area contributed by atoms with E-state index in [-0.39, 0.29) is 23.1 Å². The first-order valence-corrected chi connectivity index (χ1v) is 7.40. The number of likely N-dealkylation sites (tertiary alicyclic amines) is 1. The van der Waals surface area contributed by atoms with Crippen molar-refractivity contribution in [2.45, 2.75) is 25.3 Å². The van der Waals surface area contributed by atoms with Crippen molar-refractivity contribution >= 4 is 11.9 Å². The molecule has 2 aliphatic rings. The molecule has 118 valence electrons. The smallest absolute Gasteiger partial charge is 0.326 e. The normalized spacial score (nSPS) is 26.8. The zero-order valence-corrected chi connectivity index (χ0v) is 12.3. The molecule has 3 atom stereocenters. The first-order valence-electron chi connectivity index (χ1n) is 7.40. The van der Waals surface area contributed by atoms with Gasteiger partial charge in [-0.2, -0.15) is 0 Å². The Morgan fingerprint density at radius 1 is 1.36 bits per heavy atom. The third-order valence-corrected chi connectivity index (χ3v) is 4.80. The van der Waals surface area contributed by atoms with E-state index in [0.29, 0.717) is 6.54 Å². The molecule has 3 unspecified atom stereocenters. The summed E-state index contributed by atoms with van der Waals surface area (Å²) in [6.45, 7) is 0.439. The highest BCUT2D eigenvalue weighted by atomic mass is 19.1. The van der Waals surface area contributed by atoms with Crippen molar-refractivity contribution in [2.24, 2.45) is 11.8 Å². The zero-order valence-electron chi connectivity index (χ0n) is 12.3. The number of rotatable bonds is 3. The molecule has 6 heteroatoms. The van der Waals surface area contributed by atoms with Crippen molar-refractivity contribution in [1.82, 2.24) is 4.90 Å². The fourth-order valence-electron chi connectivity index (χ4n) is 3.80. The summed E-state index contributed by atoms with van der Waals surface area (Å²) in [4.78, 5) is 25.6. The number of amides is 1. The van der Waals surface area contributed by atoms with Gasteiger partial charge in [0.1, 0.15) is 6.04 Å². The Balaban J connectivity index is 1.88. The van der Waals surface area contributed by atoms with Crippen LogP contribution in [-0.4, -0.2) is 41.6 Å². The van der Waals surface area contributed by atoms with E-state index in [1.807, 2.05) is 0 Å². The van der Waals surface area contributed by atoms with Crippen molar-refractivity contribution < 1.29 is 23.8 Å². The van der Waals surface area contributed by atoms with Crippen LogP contribution in [0, 0.1) is 17.7 Å². The van der Waals surface area contributed by atoms with Gasteiger partial charge in [-0.1, -0.05) is 6.42 Å². The average molecular weight is 307 g/mol. The fourth-order valence-corrected chi connectivity index (χ4v) is 3.80. The molecule has 1 heterocycles. The minimum absolute atomic E-state index is 0.0181. The van der Waals surface area contributed by atoms with E-state index in [1.54, 1.807) is 0 Å². The molecule has 1 saturated carbocycles. The first-order chi connectivity index (χ1) is 10.5. The van der Waals surface area contributed by atoms with Gasteiger partial charge in [0.05, 0.1) is 7.11 Å². The van der Waals surface area contributed by atoms with E-state index in [2.05, 4.69) is 0 Å². The van der Waals surface area contributed by atoms with Gasteiger partial charge in [-0.05, 0) is 42.9 Å². The fraction of sp³-hybridized carbons (Fsp3) is 0.500. The van der Waals surface area contributed by atoms with Crippen molar-refractivity contribution in [3.8, 4) is 5.75 Å². The summed E-state index contributed by atoms with van der Waals surface area (Å²) in [6, 6.07) is 3.16. The molecule has 0 spiro atoms. The second-order valence-electron chi connectivity index (χ2n) is 5.94. The van der Waals surface area contributed by atoms with Crippen LogP contribution in [0.4, 0.5) is 4.39 Å². The number of halogens is 1. The number of ether oxygens (including phenoxy) is 1. The molecule has 1 aliphatic carbocycles. The van der Waals surface area contributed by atoms with Crippen LogP contribution in [-0.2, 0) is 4.79 Å². The molecule has 1 amide bonds. The number of aliphatic carboxylic acids is 1. The highest BCUT2D eigenvalue weighted by molar-refractivity contribution is 5.97. The molecule has 1 aromatic carbocycles. The number of methoxy groups -OCH3 is 1. The summed E-state index contributed by atoms with van der Waals surface area (Å²) < 4.78 is 18.6. The highest BCUT2D eigenvalue weighted by Gasteiger charge is 2.49. The Bertz CT molecular complexity index is 618. The minimum atomic E-state index is -0.975. The van der Waals surface area contributed by atoms with E-state index >= 15 is 0 Å². The quantitative estimate of drug-likeness (QED) is 0.929. The zero-order chi connectivity index (χ0) is 15.9. The lowest BCUT2D eigenvalue weighted by molar-refractivity contribution is -0.142. The van der Waals surface area contributed by atoms with Crippen LogP contribution >= 0.6 is 0 Å². The summed E-state index contributed by atoms with van der Waals surface area (Å²) in [6.07, 6.45) is 2.80. The second kappa shape index (κ2) is 5.59. The van der Waals surface area contributed by atoms with Gasteiger partial charge < -0.3 is 14.7 Å². The Hall–Kier alpha value is -2.11. The monoisotopic (exact) mass is 307 g/mol. The summed E-state index contributed by atoms with van der Waals surface area (Å²) in [7, 11) is 1.35. The van der Waals surface area contributed by atoms with Crippen molar-refractivity contribution in [3.63, 3.8) is 0 Å². The highest BCUT2D eigenvalue weighted by Crippen LogP contribution is 2.42. The first kappa shape index (κ1) is 14.8.